The molecule has 19 heavy (non-hydrogen) atoms. The maximum absolute atomic E-state index is 12.2. The number of halogens is 1. The minimum Gasteiger partial charge on any atom is -0.443 e. The van der Waals surface area contributed by atoms with Gasteiger partial charge in [0.15, 0.2) is 0 Å². The summed E-state index contributed by atoms with van der Waals surface area (Å²) in [6, 6.07) is 1.85. The van der Waals surface area contributed by atoms with Gasteiger partial charge in [-0.1, -0.05) is 0 Å². The number of rotatable bonds is 4. The van der Waals surface area contributed by atoms with E-state index in [0.717, 1.165) is 9.26 Å². The van der Waals surface area contributed by atoms with Gasteiger partial charge in [0.2, 0.25) is 0 Å². The van der Waals surface area contributed by atoms with Crippen LogP contribution in [-0.4, -0.2) is 36.9 Å². The van der Waals surface area contributed by atoms with Crippen molar-refractivity contribution in [3.63, 3.8) is 0 Å². The molecule has 0 saturated heterocycles. The van der Waals surface area contributed by atoms with Crippen molar-refractivity contribution in [1.29, 1.82) is 0 Å². The molecule has 0 radical (unpaired) electrons. The number of amides is 1. The molecule has 106 valence electrons. The Kier molecular flexibility index (Phi) is 5.99. The monoisotopic (exact) mass is 378 g/mol. The van der Waals surface area contributed by atoms with E-state index in [1.807, 2.05) is 26.8 Å². The third-order valence-electron chi connectivity index (χ3n) is 2.17. The van der Waals surface area contributed by atoms with Crippen LogP contribution in [0.4, 0.5) is 10.5 Å². The average Bonchev–Trinajstić information content (AvgIpc) is 2.29. The lowest BCUT2D eigenvalue weighted by Crippen LogP contribution is -2.39. The fourth-order valence-electron chi connectivity index (χ4n) is 1.38. The van der Waals surface area contributed by atoms with E-state index in [1.165, 1.54) is 0 Å². The molecule has 0 saturated carbocycles. The van der Waals surface area contributed by atoms with Gasteiger partial charge >= 0.3 is 6.09 Å². The number of pyridine rings is 1. The van der Waals surface area contributed by atoms with Gasteiger partial charge in [0.05, 0.1) is 25.0 Å². The second-order valence-electron chi connectivity index (χ2n) is 4.95. The molecule has 1 rings (SSSR count). The minimum absolute atomic E-state index is 0.393. The normalized spacial score (nSPS) is 11.2. The van der Waals surface area contributed by atoms with Crippen LogP contribution in [0.1, 0.15) is 20.8 Å². The molecular weight excluding hydrogens is 359 g/mol. The van der Waals surface area contributed by atoms with Crippen molar-refractivity contribution in [1.82, 2.24) is 4.98 Å². The van der Waals surface area contributed by atoms with Gasteiger partial charge < -0.3 is 9.47 Å². The van der Waals surface area contributed by atoms with Gasteiger partial charge in [-0.15, -0.1) is 0 Å². The number of nitrogens with zero attached hydrogens (tertiary/aromatic N) is 2. The van der Waals surface area contributed by atoms with Crippen LogP contribution in [0.25, 0.3) is 0 Å². The zero-order chi connectivity index (χ0) is 14.5. The lowest BCUT2D eigenvalue weighted by Gasteiger charge is -2.27. The summed E-state index contributed by atoms with van der Waals surface area (Å²) in [4.78, 5) is 17.8. The third kappa shape index (κ3) is 5.32. The first-order valence-electron chi connectivity index (χ1n) is 5.94. The Hall–Kier alpha value is -0.890. The first-order chi connectivity index (χ1) is 8.85. The Bertz CT molecular complexity index is 432. The van der Waals surface area contributed by atoms with Crippen LogP contribution in [0.15, 0.2) is 18.5 Å². The lowest BCUT2D eigenvalue weighted by atomic mass is 10.2. The molecule has 1 aromatic rings. The van der Waals surface area contributed by atoms with Crippen LogP contribution in [0.5, 0.6) is 0 Å². The van der Waals surface area contributed by atoms with Gasteiger partial charge in [0, 0.05) is 16.9 Å². The van der Waals surface area contributed by atoms with Crippen molar-refractivity contribution in [2.75, 3.05) is 25.2 Å². The molecule has 0 aliphatic heterocycles. The van der Waals surface area contributed by atoms with Crippen LogP contribution in [0.3, 0.4) is 0 Å². The maximum atomic E-state index is 12.2. The first kappa shape index (κ1) is 16.2. The number of hydrogen-bond acceptors (Lipinski definition) is 4. The molecule has 1 amide bonds. The quantitative estimate of drug-likeness (QED) is 0.756. The Morgan fingerprint density at radius 1 is 1.47 bits per heavy atom. The molecule has 5 nitrogen and oxygen atoms in total. The smallest absolute Gasteiger partial charge is 0.414 e. The van der Waals surface area contributed by atoms with Gasteiger partial charge in [0.1, 0.15) is 5.60 Å². The largest absolute Gasteiger partial charge is 0.443 e. The highest BCUT2D eigenvalue weighted by molar-refractivity contribution is 14.1. The summed E-state index contributed by atoms with van der Waals surface area (Å²) in [5.41, 5.74) is 0.199. The second-order valence-corrected chi connectivity index (χ2v) is 6.11. The standard InChI is InChI=1S/C13H19IN2O3/c1-13(2,3)19-12(17)16(7-8-18-4)11-9-15-6-5-10(11)14/h5-6,9H,7-8H2,1-4H3. The lowest BCUT2D eigenvalue weighted by molar-refractivity contribution is 0.0569. The highest BCUT2D eigenvalue weighted by Gasteiger charge is 2.24. The molecule has 6 heteroatoms. The molecule has 0 fully saturated rings. The zero-order valence-electron chi connectivity index (χ0n) is 11.6. The summed E-state index contributed by atoms with van der Waals surface area (Å²) < 4.78 is 11.4. The van der Waals surface area contributed by atoms with Crippen molar-refractivity contribution >= 4 is 34.4 Å². The highest BCUT2D eigenvalue weighted by Crippen LogP contribution is 2.23. The number of hydrogen-bond donors (Lipinski definition) is 0. The summed E-state index contributed by atoms with van der Waals surface area (Å²) in [6.07, 6.45) is 2.95. The van der Waals surface area contributed by atoms with E-state index in [0.29, 0.717) is 13.2 Å². The van der Waals surface area contributed by atoms with Crippen molar-refractivity contribution < 1.29 is 14.3 Å². The van der Waals surface area contributed by atoms with Crippen LogP contribution >= 0.6 is 22.6 Å². The Morgan fingerprint density at radius 3 is 2.68 bits per heavy atom. The molecule has 1 aromatic heterocycles. The number of carbonyl (C=O) groups is 1. The molecule has 0 unspecified atom stereocenters. The Morgan fingerprint density at radius 2 is 2.16 bits per heavy atom. The molecule has 0 atom stereocenters. The van der Waals surface area contributed by atoms with Crippen molar-refractivity contribution in [3.8, 4) is 0 Å². The van der Waals surface area contributed by atoms with E-state index in [2.05, 4.69) is 27.6 Å². The number of aromatic nitrogens is 1. The molecule has 0 spiro atoms. The van der Waals surface area contributed by atoms with Gasteiger partial charge in [-0.2, -0.15) is 0 Å². The molecular formula is C13H19IN2O3. The van der Waals surface area contributed by atoms with E-state index in [-0.39, 0.29) is 0 Å². The van der Waals surface area contributed by atoms with Crippen molar-refractivity contribution in [3.05, 3.63) is 22.0 Å². The Labute approximate surface area is 127 Å². The topological polar surface area (TPSA) is 51.7 Å². The minimum atomic E-state index is -0.532. The molecule has 0 N–H and O–H groups in total. The predicted octanol–water partition coefficient (Wildman–Crippen LogP) is 3.07. The van der Waals surface area contributed by atoms with Gasteiger partial charge in [-0.3, -0.25) is 9.88 Å². The van der Waals surface area contributed by atoms with E-state index in [9.17, 15) is 4.79 Å². The number of ether oxygens (including phenoxy) is 2. The number of anilines is 1. The number of carbonyl (C=O) groups excluding carboxylic acids is 1. The summed E-state index contributed by atoms with van der Waals surface area (Å²) in [5.74, 6) is 0. The highest BCUT2D eigenvalue weighted by atomic mass is 127. The van der Waals surface area contributed by atoms with E-state index in [4.69, 9.17) is 9.47 Å². The predicted molar refractivity (Wildman–Crippen MR) is 82.4 cm³/mol. The third-order valence-corrected chi connectivity index (χ3v) is 3.08. The van der Waals surface area contributed by atoms with Crippen LogP contribution in [-0.2, 0) is 9.47 Å². The summed E-state index contributed by atoms with van der Waals surface area (Å²) in [5, 5.41) is 0. The summed E-state index contributed by atoms with van der Waals surface area (Å²) in [6.45, 7) is 6.38. The van der Waals surface area contributed by atoms with Gasteiger partial charge in [0.25, 0.3) is 0 Å². The van der Waals surface area contributed by atoms with Crippen LogP contribution in [0, 0.1) is 3.57 Å². The van der Waals surface area contributed by atoms with Gasteiger partial charge in [-0.25, -0.2) is 4.79 Å². The molecule has 1 heterocycles. The first-order valence-corrected chi connectivity index (χ1v) is 7.02. The van der Waals surface area contributed by atoms with Crippen molar-refractivity contribution in [2.24, 2.45) is 0 Å². The molecule has 0 aliphatic rings. The maximum Gasteiger partial charge on any atom is 0.414 e. The van der Waals surface area contributed by atoms with Crippen LogP contribution in [0.2, 0.25) is 0 Å². The van der Waals surface area contributed by atoms with Crippen LogP contribution < -0.4 is 4.90 Å². The van der Waals surface area contributed by atoms with Gasteiger partial charge in [-0.05, 0) is 49.4 Å². The fraction of sp³-hybridized carbons (Fsp3) is 0.538. The molecule has 0 aromatic carbocycles. The fourth-order valence-corrected chi connectivity index (χ4v) is 1.97. The molecule has 0 aliphatic carbocycles. The number of methoxy groups -OCH3 is 1. The second kappa shape index (κ2) is 7.04. The summed E-state index contributed by atoms with van der Waals surface area (Å²) >= 11 is 2.17. The van der Waals surface area contributed by atoms with E-state index >= 15 is 0 Å². The van der Waals surface area contributed by atoms with E-state index < -0.39 is 11.7 Å². The van der Waals surface area contributed by atoms with Crippen molar-refractivity contribution in [2.45, 2.75) is 26.4 Å². The average molecular weight is 378 g/mol. The zero-order valence-corrected chi connectivity index (χ0v) is 13.8. The SMILES string of the molecule is COCCN(C(=O)OC(C)(C)C)c1cnccc1I. The summed E-state index contributed by atoms with van der Waals surface area (Å²) in [7, 11) is 1.60. The molecule has 0 bridgehead atoms. The van der Waals surface area contributed by atoms with E-state index in [1.54, 1.807) is 24.4 Å². The Balaban J connectivity index is 2.95.